The molecule has 5 nitrogen and oxygen atoms in total. The van der Waals surface area contributed by atoms with Gasteiger partial charge in [-0.15, -0.1) is 11.3 Å². The summed E-state index contributed by atoms with van der Waals surface area (Å²) in [5.74, 6) is 1.28. The molecule has 2 heterocycles. The van der Waals surface area contributed by atoms with Gasteiger partial charge < -0.3 is 10.2 Å². The number of hydrogen-bond acceptors (Lipinski definition) is 4. The first-order chi connectivity index (χ1) is 10.7. The number of nitrogens with zero attached hydrogens (tertiary/aromatic N) is 2. The molecule has 118 valence electrons. The lowest BCUT2D eigenvalue weighted by Gasteiger charge is -2.31. The van der Waals surface area contributed by atoms with E-state index in [1.807, 2.05) is 4.90 Å². The first kappa shape index (κ1) is 14.2. The largest absolute Gasteiger partial charge is 0.342 e. The van der Waals surface area contributed by atoms with Gasteiger partial charge in [-0.3, -0.25) is 9.59 Å². The third-order valence-electron chi connectivity index (χ3n) is 4.85. The summed E-state index contributed by atoms with van der Waals surface area (Å²) in [5.41, 5.74) is 1.13. The van der Waals surface area contributed by atoms with Gasteiger partial charge in [0, 0.05) is 36.2 Å². The van der Waals surface area contributed by atoms with Crippen LogP contribution in [0.1, 0.15) is 50.1 Å². The van der Waals surface area contributed by atoms with E-state index in [1.165, 1.54) is 24.2 Å². The standard InChI is InChI=1S/C16H21N3O2S/c20-14(18-16-17-13(9-22-16)10-1-2-10)11-5-7-19(8-6-11)15(21)12-3-4-12/h9-12H,1-8H2,(H,17,18,20). The van der Waals surface area contributed by atoms with E-state index in [1.54, 1.807) is 0 Å². The minimum absolute atomic E-state index is 0.0107. The van der Waals surface area contributed by atoms with Crippen LogP contribution in [0.3, 0.4) is 0 Å². The van der Waals surface area contributed by atoms with Crippen molar-refractivity contribution in [3.63, 3.8) is 0 Å². The third-order valence-corrected chi connectivity index (χ3v) is 5.63. The summed E-state index contributed by atoms with van der Waals surface area (Å²) in [4.78, 5) is 30.8. The molecule has 1 aliphatic heterocycles. The van der Waals surface area contributed by atoms with Crippen LogP contribution in [0, 0.1) is 11.8 Å². The van der Waals surface area contributed by atoms with Crippen molar-refractivity contribution >= 4 is 28.3 Å². The van der Waals surface area contributed by atoms with E-state index < -0.39 is 0 Å². The highest BCUT2D eigenvalue weighted by Gasteiger charge is 2.36. The molecule has 0 spiro atoms. The number of aromatic nitrogens is 1. The Morgan fingerprint density at radius 1 is 1.09 bits per heavy atom. The quantitative estimate of drug-likeness (QED) is 0.928. The van der Waals surface area contributed by atoms with E-state index in [0.29, 0.717) is 11.8 Å². The van der Waals surface area contributed by atoms with Crippen molar-refractivity contribution < 1.29 is 9.59 Å². The predicted molar refractivity (Wildman–Crippen MR) is 84.7 cm³/mol. The zero-order chi connectivity index (χ0) is 15.1. The Bertz CT molecular complexity index is 584. The number of nitrogens with one attached hydrogen (secondary N) is 1. The van der Waals surface area contributed by atoms with Crippen molar-refractivity contribution in [2.24, 2.45) is 11.8 Å². The predicted octanol–water partition coefficient (Wildman–Crippen LogP) is 2.61. The molecular formula is C16H21N3O2S. The topological polar surface area (TPSA) is 62.3 Å². The fraction of sp³-hybridized carbons (Fsp3) is 0.688. The van der Waals surface area contributed by atoms with Crippen LogP contribution in [0.4, 0.5) is 5.13 Å². The normalized spacial score (nSPS) is 22.6. The van der Waals surface area contributed by atoms with Crippen molar-refractivity contribution in [1.82, 2.24) is 9.88 Å². The number of likely N-dealkylation sites (tertiary alicyclic amines) is 1. The zero-order valence-corrected chi connectivity index (χ0v) is 13.4. The number of carbonyl (C=O) groups is 2. The van der Waals surface area contributed by atoms with Crippen LogP contribution in [0.2, 0.25) is 0 Å². The van der Waals surface area contributed by atoms with E-state index in [2.05, 4.69) is 15.7 Å². The second-order valence-electron chi connectivity index (χ2n) is 6.71. The minimum atomic E-state index is 0.0107. The second kappa shape index (κ2) is 5.65. The lowest BCUT2D eigenvalue weighted by molar-refractivity contribution is -0.135. The number of piperidine rings is 1. The Kier molecular flexibility index (Phi) is 3.64. The lowest BCUT2D eigenvalue weighted by atomic mass is 9.95. The maximum Gasteiger partial charge on any atom is 0.229 e. The fourth-order valence-electron chi connectivity index (χ4n) is 3.07. The molecule has 2 saturated carbocycles. The second-order valence-corrected chi connectivity index (χ2v) is 7.57. The molecule has 1 saturated heterocycles. The molecular weight excluding hydrogens is 298 g/mol. The summed E-state index contributed by atoms with van der Waals surface area (Å²) in [5, 5.41) is 5.74. The van der Waals surface area contributed by atoms with Crippen molar-refractivity contribution in [3.8, 4) is 0 Å². The average Bonchev–Trinajstić information content (AvgIpc) is 3.45. The van der Waals surface area contributed by atoms with E-state index in [9.17, 15) is 9.59 Å². The number of hydrogen-bond donors (Lipinski definition) is 1. The van der Waals surface area contributed by atoms with Crippen LogP contribution in [0.5, 0.6) is 0 Å². The summed E-state index contributed by atoms with van der Waals surface area (Å²) in [6, 6.07) is 0. The fourth-order valence-corrected chi connectivity index (χ4v) is 3.86. The van der Waals surface area contributed by atoms with Gasteiger partial charge in [0.25, 0.3) is 0 Å². The van der Waals surface area contributed by atoms with Gasteiger partial charge in [0.05, 0.1) is 5.69 Å². The van der Waals surface area contributed by atoms with E-state index in [0.717, 1.165) is 49.6 Å². The van der Waals surface area contributed by atoms with Crippen molar-refractivity contribution in [2.75, 3.05) is 18.4 Å². The number of rotatable bonds is 4. The van der Waals surface area contributed by atoms with Gasteiger partial charge in [-0.25, -0.2) is 4.98 Å². The van der Waals surface area contributed by atoms with Gasteiger partial charge >= 0.3 is 0 Å². The van der Waals surface area contributed by atoms with Crippen LogP contribution in [0.15, 0.2) is 5.38 Å². The highest BCUT2D eigenvalue weighted by molar-refractivity contribution is 7.13. The maximum atomic E-state index is 12.3. The number of carbonyl (C=O) groups excluding carboxylic acids is 2. The van der Waals surface area contributed by atoms with Crippen LogP contribution in [-0.4, -0.2) is 34.8 Å². The van der Waals surface area contributed by atoms with Crippen LogP contribution in [0.25, 0.3) is 0 Å². The molecule has 3 fully saturated rings. The molecule has 3 aliphatic rings. The monoisotopic (exact) mass is 319 g/mol. The Balaban J connectivity index is 1.28. The maximum absolute atomic E-state index is 12.3. The molecule has 2 aliphatic carbocycles. The Morgan fingerprint density at radius 2 is 1.82 bits per heavy atom. The number of amides is 2. The highest BCUT2D eigenvalue weighted by atomic mass is 32.1. The molecule has 0 bridgehead atoms. The Morgan fingerprint density at radius 3 is 2.45 bits per heavy atom. The first-order valence-corrected chi connectivity index (χ1v) is 9.14. The highest BCUT2D eigenvalue weighted by Crippen LogP contribution is 2.41. The minimum Gasteiger partial charge on any atom is -0.342 e. The summed E-state index contributed by atoms with van der Waals surface area (Å²) >= 11 is 1.52. The SMILES string of the molecule is O=C(Nc1nc(C2CC2)cs1)C1CCN(C(=O)C2CC2)CC1. The van der Waals surface area contributed by atoms with E-state index >= 15 is 0 Å². The van der Waals surface area contributed by atoms with Gasteiger partial charge in [0.15, 0.2) is 5.13 Å². The van der Waals surface area contributed by atoms with Crippen molar-refractivity contribution in [3.05, 3.63) is 11.1 Å². The van der Waals surface area contributed by atoms with Gasteiger partial charge in [-0.1, -0.05) is 0 Å². The van der Waals surface area contributed by atoms with Crippen molar-refractivity contribution in [1.29, 1.82) is 0 Å². The molecule has 0 atom stereocenters. The van der Waals surface area contributed by atoms with Gasteiger partial charge in [-0.05, 0) is 38.5 Å². The zero-order valence-electron chi connectivity index (χ0n) is 12.6. The molecule has 4 rings (SSSR count). The molecule has 22 heavy (non-hydrogen) atoms. The molecule has 0 radical (unpaired) electrons. The van der Waals surface area contributed by atoms with E-state index in [-0.39, 0.29) is 17.7 Å². The van der Waals surface area contributed by atoms with E-state index in [4.69, 9.17) is 0 Å². The molecule has 2 amide bonds. The Labute approximate surface area is 134 Å². The lowest BCUT2D eigenvalue weighted by Crippen LogP contribution is -2.42. The molecule has 1 aromatic rings. The molecule has 1 aromatic heterocycles. The smallest absolute Gasteiger partial charge is 0.229 e. The van der Waals surface area contributed by atoms with Crippen LogP contribution in [-0.2, 0) is 9.59 Å². The summed E-state index contributed by atoms with van der Waals surface area (Å²) in [7, 11) is 0. The summed E-state index contributed by atoms with van der Waals surface area (Å²) in [6.45, 7) is 1.44. The van der Waals surface area contributed by atoms with Gasteiger partial charge in [0.1, 0.15) is 0 Å². The van der Waals surface area contributed by atoms with Gasteiger partial charge in [-0.2, -0.15) is 0 Å². The molecule has 0 unspecified atom stereocenters. The summed E-state index contributed by atoms with van der Waals surface area (Å²) < 4.78 is 0. The van der Waals surface area contributed by atoms with Crippen LogP contribution < -0.4 is 5.32 Å². The number of thiazole rings is 1. The van der Waals surface area contributed by atoms with Crippen molar-refractivity contribution in [2.45, 2.75) is 44.4 Å². The van der Waals surface area contributed by atoms with Gasteiger partial charge in [0.2, 0.25) is 11.8 Å². The molecule has 1 N–H and O–H groups in total. The first-order valence-electron chi connectivity index (χ1n) is 8.26. The molecule has 0 aromatic carbocycles. The Hall–Kier alpha value is -1.43. The molecule has 6 heteroatoms. The average molecular weight is 319 g/mol. The third kappa shape index (κ3) is 3.02. The number of anilines is 1. The summed E-state index contributed by atoms with van der Waals surface area (Å²) in [6.07, 6.45) is 6.09. The van der Waals surface area contributed by atoms with Crippen LogP contribution >= 0.6 is 11.3 Å².